The summed E-state index contributed by atoms with van der Waals surface area (Å²) in [6, 6.07) is 56.1. The molecule has 0 bridgehead atoms. The Morgan fingerprint density at radius 3 is 1.78 bits per heavy atom. The van der Waals surface area contributed by atoms with Crippen LogP contribution in [-0.4, -0.2) is 19.5 Å². The molecular formula is C47H34N4. The molecule has 0 N–H and O–H groups in total. The first-order valence-corrected chi connectivity index (χ1v) is 17.6. The van der Waals surface area contributed by atoms with E-state index in [0.717, 1.165) is 39.4 Å². The van der Waals surface area contributed by atoms with E-state index in [9.17, 15) is 0 Å². The van der Waals surface area contributed by atoms with Gasteiger partial charge >= 0.3 is 0 Å². The normalized spacial score (nSPS) is 13.4. The van der Waals surface area contributed by atoms with Gasteiger partial charge in [-0.15, -0.1) is 0 Å². The van der Waals surface area contributed by atoms with Crippen molar-refractivity contribution in [2.24, 2.45) is 0 Å². The first-order valence-electron chi connectivity index (χ1n) is 17.6. The summed E-state index contributed by atoms with van der Waals surface area (Å²) in [5.41, 5.74) is 12.0. The Morgan fingerprint density at radius 1 is 0.471 bits per heavy atom. The van der Waals surface area contributed by atoms with Crippen molar-refractivity contribution in [2.75, 3.05) is 0 Å². The lowest BCUT2D eigenvalue weighted by molar-refractivity contribution is 0.613. The van der Waals surface area contributed by atoms with Crippen molar-refractivity contribution < 1.29 is 0 Å². The predicted octanol–water partition coefficient (Wildman–Crippen LogP) is 11.4. The Morgan fingerprint density at radius 2 is 1.06 bits per heavy atom. The van der Waals surface area contributed by atoms with Gasteiger partial charge in [0.1, 0.15) is 0 Å². The summed E-state index contributed by atoms with van der Waals surface area (Å²) >= 11 is 0. The SMILES string of the molecule is CC1(C)c2ccccc2Cc2c1cc(-c1ccc3c(c1)c1ccccc1n3-c1nc(-c3ccccc3)nc(-c3ccccc3)n1)c1ccccc21. The van der Waals surface area contributed by atoms with Crippen LogP contribution in [0.3, 0.4) is 0 Å². The lowest BCUT2D eigenvalue weighted by atomic mass is 9.67. The third kappa shape index (κ3) is 4.64. The van der Waals surface area contributed by atoms with Crippen LogP contribution in [0, 0.1) is 0 Å². The largest absolute Gasteiger partial charge is 0.278 e. The average molecular weight is 655 g/mol. The number of fused-ring (bicyclic) bond motifs is 7. The Labute approximate surface area is 296 Å². The zero-order valence-electron chi connectivity index (χ0n) is 28.5. The van der Waals surface area contributed by atoms with Crippen LogP contribution >= 0.6 is 0 Å². The van der Waals surface area contributed by atoms with Crippen molar-refractivity contribution in [3.05, 3.63) is 180 Å². The fourth-order valence-electron chi connectivity index (χ4n) is 8.30. The molecule has 1 aliphatic carbocycles. The molecule has 4 nitrogen and oxygen atoms in total. The molecule has 0 radical (unpaired) electrons. The van der Waals surface area contributed by atoms with Gasteiger partial charge in [0.05, 0.1) is 11.0 Å². The quantitative estimate of drug-likeness (QED) is 0.190. The van der Waals surface area contributed by atoms with E-state index >= 15 is 0 Å². The molecule has 0 unspecified atom stereocenters. The van der Waals surface area contributed by atoms with Gasteiger partial charge in [-0.3, -0.25) is 4.57 Å². The third-order valence-corrected chi connectivity index (χ3v) is 10.8. The molecule has 242 valence electrons. The van der Waals surface area contributed by atoms with Crippen molar-refractivity contribution in [1.29, 1.82) is 0 Å². The van der Waals surface area contributed by atoms with E-state index in [-0.39, 0.29) is 5.41 Å². The van der Waals surface area contributed by atoms with E-state index in [1.54, 1.807) is 0 Å². The summed E-state index contributed by atoms with van der Waals surface area (Å²) in [5.74, 6) is 1.89. The maximum absolute atomic E-state index is 5.12. The topological polar surface area (TPSA) is 43.6 Å². The molecule has 51 heavy (non-hydrogen) atoms. The zero-order valence-corrected chi connectivity index (χ0v) is 28.5. The second-order valence-corrected chi connectivity index (χ2v) is 14.1. The molecule has 9 aromatic rings. The molecule has 0 saturated heterocycles. The zero-order chi connectivity index (χ0) is 34.1. The van der Waals surface area contributed by atoms with Crippen molar-refractivity contribution >= 4 is 32.6 Å². The minimum Gasteiger partial charge on any atom is -0.278 e. The second kappa shape index (κ2) is 11.3. The molecule has 2 aromatic heterocycles. The van der Waals surface area contributed by atoms with Gasteiger partial charge in [-0.1, -0.05) is 147 Å². The van der Waals surface area contributed by atoms with Crippen LogP contribution in [0.4, 0.5) is 0 Å². The molecule has 1 aliphatic rings. The molecular weight excluding hydrogens is 621 g/mol. The highest BCUT2D eigenvalue weighted by atomic mass is 15.2. The van der Waals surface area contributed by atoms with E-state index in [4.69, 9.17) is 15.0 Å². The molecule has 0 atom stereocenters. The molecule has 2 heterocycles. The monoisotopic (exact) mass is 654 g/mol. The third-order valence-electron chi connectivity index (χ3n) is 10.8. The highest BCUT2D eigenvalue weighted by Gasteiger charge is 2.34. The smallest absolute Gasteiger partial charge is 0.238 e. The van der Waals surface area contributed by atoms with Crippen molar-refractivity contribution in [3.63, 3.8) is 0 Å². The Hall–Kier alpha value is -6.39. The highest BCUT2D eigenvalue weighted by Crippen LogP contribution is 2.47. The Balaban J connectivity index is 1.21. The lowest BCUT2D eigenvalue weighted by Gasteiger charge is -2.36. The predicted molar refractivity (Wildman–Crippen MR) is 209 cm³/mol. The molecule has 0 aliphatic heterocycles. The standard InChI is InChI=1S/C47H34N4/c1-47(2)40-23-13-9-19-33(40)28-38-35-21-11-10-20-34(35)37(29-41(38)47)32-25-26-43-39(27-32)36-22-12-14-24-42(36)51(43)46-49-44(30-15-5-3-6-16-30)48-45(50-46)31-17-7-4-8-18-31/h3-27,29H,28H2,1-2H3. The molecule has 0 spiro atoms. The van der Waals surface area contributed by atoms with Gasteiger partial charge in [0.2, 0.25) is 5.95 Å². The molecule has 7 aromatic carbocycles. The average Bonchev–Trinajstić information content (AvgIpc) is 3.52. The minimum atomic E-state index is -0.116. The summed E-state index contributed by atoms with van der Waals surface area (Å²) in [6.07, 6.45) is 0.949. The van der Waals surface area contributed by atoms with Gasteiger partial charge in [-0.25, -0.2) is 4.98 Å². The number of benzene rings is 7. The molecule has 10 rings (SSSR count). The fourth-order valence-corrected chi connectivity index (χ4v) is 8.30. The summed E-state index contributed by atoms with van der Waals surface area (Å²) in [7, 11) is 0. The van der Waals surface area contributed by atoms with E-state index in [1.807, 2.05) is 36.4 Å². The van der Waals surface area contributed by atoms with Gasteiger partial charge in [-0.05, 0) is 74.8 Å². The van der Waals surface area contributed by atoms with Crippen LogP contribution in [0.1, 0.15) is 36.1 Å². The van der Waals surface area contributed by atoms with Gasteiger partial charge in [-0.2, -0.15) is 9.97 Å². The van der Waals surface area contributed by atoms with Crippen LogP contribution in [0.15, 0.2) is 158 Å². The Bertz CT molecular complexity index is 2740. The van der Waals surface area contributed by atoms with Crippen LogP contribution in [0.2, 0.25) is 0 Å². The van der Waals surface area contributed by atoms with E-state index in [0.29, 0.717) is 17.6 Å². The van der Waals surface area contributed by atoms with Gasteiger partial charge in [0.15, 0.2) is 11.6 Å². The molecule has 0 fully saturated rings. The molecule has 4 heteroatoms. The van der Waals surface area contributed by atoms with E-state index in [1.165, 1.54) is 44.2 Å². The second-order valence-electron chi connectivity index (χ2n) is 14.1. The molecule has 0 amide bonds. The van der Waals surface area contributed by atoms with Crippen LogP contribution in [-0.2, 0) is 11.8 Å². The number of hydrogen-bond donors (Lipinski definition) is 0. The van der Waals surface area contributed by atoms with Gasteiger partial charge in [0.25, 0.3) is 0 Å². The number of para-hydroxylation sites is 1. The summed E-state index contributed by atoms with van der Waals surface area (Å²) in [5, 5.41) is 4.94. The number of rotatable bonds is 4. The first-order chi connectivity index (χ1) is 25.0. The summed E-state index contributed by atoms with van der Waals surface area (Å²) < 4.78 is 2.19. The van der Waals surface area contributed by atoms with Crippen molar-refractivity contribution in [3.8, 4) is 39.9 Å². The fraction of sp³-hybridized carbons (Fsp3) is 0.0851. The minimum absolute atomic E-state index is 0.116. The first kappa shape index (κ1) is 29.5. The van der Waals surface area contributed by atoms with Crippen LogP contribution < -0.4 is 0 Å². The Kier molecular flexibility index (Phi) is 6.56. The summed E-state index contributed by atoms with van der Waals surface area (Å²) in [4.78, 5) is 15.2. The van der Waals surface area contributed by atoms with Crippen molar-refractivity contribution in [2.45, 2.75) is 25.7 Å². The van der Waals surface area contributed by atoms with E-state index < -0.39 is 0 Å². The van der Waals surface area contributed by atoms with Crippen molar-refractivity contribution in [1.82, 2.24) is 19.5 Å². The van der Waals surface area contributed by atoms with Gasteiger partial charge < -0.3 is 0 Å². The van der Waals surface area contributed by atoms with Gasteiger partial charge in [0, 0.05) is 27.3 Å². The number of nitrogens with zero attached hydrogens (tertiary/aromatic N) is 4. The number of aromatic nitrogens is 4. The lowest BCUT2D eigenvalue weighted by Crippen LogP contribution is -2.27. The van der Waals surface area contributed by atoms with Crippen LogP contribution in [0.5, 0.6) is 0 Å². The summed E-state index contributed by atoms with van der Waals surface area (Å²) in [6.45, 7) is 4.75. The maximum Gasteiger partial charge on any atom is 0.238 e. The number of hydrogen-bond acceptors (Lipinski definition) is 3. The highest BCUT2D eigenvalue weighted by molar-refractivity contribution is 6.11. The molecule has 0 saturated carbocycles. The maximum atomic E-state index is 5.12. The van der Waals surface area contributed by atoms with E-state index in [2.05, 4.69) is 140 Å². The van der Waals surface area contributed by atoms with Crippen LogP contribution in [0.25, 0.3) is 72.4 Å².